The maximum absolute atomic E-state index is 12.9. The Hall–Kier alpha value is -1.75. The largest absolute Gasteiger partial charge is 0.495 e. The van der Waals surface area contributed by atoms with Crippen molar-refractivity contribution in [3.63, 3.8) is 0 Å². The fourth-order valence-corrected chi connectivity index (χ4v) is 5.29. The quantitative estimate of drug-likeness (QED) is 0.815. The third-order valence-corrected chi connectivity index (χ3v) is 6.75. The number of hydrogen-bond donors (Lipinski definition) is 0. The minimum absolute atomic E-state index is 0.320. The van der Waals surface area contributed by atoms with Gasteiger partial charge < -0.3 is 14.5 Å². The van der Waals surface area contributed by atoms with Gasteiger partial charge in [0.25, 0.3) is 0 Å². The lowest BCUT2D eigenvalue weighted by atomic mass is 9.78. The molecule has 1 saturated carbocycles. The van der Waals surface area contributed by atoms with Gasteiger partial charge in [-0.1, -0.05) is 25.0 Å². The van der Waals surface area contributed by atoms with Crippen LogP contribution in [0.4, 0.5) is 5.69 Å². The highest BCUT2D eigenvalue weighted by molar-refractivity contribution is 5.78. The zero-order valence-electron chi connectivity index (χ0n) is 16.6. The third kappa shape index (κ3) is 4.08. The second-order valence-corrected chi connectivity index (χ2v) is 8.26. The molecule has 0 radical (unpaired) electrons. The fourth-order valence-electron chi connectivity index (χ4n) is 5.29. The molecule has 148 valence electrons. The van der Waals surface area contributed by atoms with Gasteiger partial charge in [0.05, 0.1) is 19.3 Å². The summed E-state index contributed by atoms with van der Waals surface area (Å²) in [7, 11) is 1.72. The van der Waals surface area contributed by atoms with Crippen LogP contribution >= 0.6 is 0 Å². The Balaban J connectivity index is 1.32. The molecule has 2 aliphatic heterocycles. The molecule has 5 heteroatoms. The number of benzene rings is 1. The summed E-state index contributed by atoms with van der Waals surface area (Å²) in [6.07, 6.45) is 8.01. The van der Waals surface area contributed by atoms with Gasteiger partial charge in [-0.3, -0.25) is 9.69 Å². The number of piperazine rings is 1. The van der Waals surface area contributed by atoms with Crippen molar-refractivity contribution >= 4 is 11.6 Å². The first kappa shape index (κ1) is 18.6. The Morgan fingerprint density at radius 2 is 1.74 bits per heavy atom. The minimum atomic E-state index is 0.320. The van der Waals surface area contributed by atoms with Crippen LogP contribution in [0.3, 0.4) is 0 Å². The van der Waals surface area contributed by atoms with Gasteiger partial charge >= 0.3 is 0 Å². The van der Waals surface area contributed by atoms with Crippen LogP contribution in [0.1, 0.15) is 38.5 Å². The Labute approximate surface area is 163 Å². The second-order valence-electron chi connectivity index (χ2n) is 8.26. The highest BCUT2D eigenvalue weighted by Crippen LogP contribution is 2.35. The highest BCUT2D eigenvalue weighted by atomic mass is 16.5. The van der Waals surface area contributed by atoms with Crippen molar-refractivity contribution < 1.29 is 9.53 Å². The summed E-state index contributed by atoms with van der Waals surface area (Å²) in [5, 5.41) is 0. The molecule has 3 fully saturated rings. The molecule has 0 unspecified atom stereocenters. The van der Waals surface area contributed by atoms with E-state index in [4.69, 9.17) is 4.74 Å². The lowest BCUT2D eigenvalue weighted by Crippen LogP contribution is -2.54. The van der Waals surface area contributed by atoms with Crippen LogP contribution in [0.5, 0.6) is 5.75 Å². The van der Waals surface area contributed by atoms with Gasteiger partial charge in [-0.15, -0.1) is 0 Å². The molecule has 5 nitrogen and oxygen atoms in total. The van der Waals surface area contributed by atoms with Crippen molar-refractivity contribution in [1.82, 2.24) is 9.80 Å². The van der Waals surface area contributed by atoms with E-state index in [-0.39, 0.29) is 0 Å². The number of nitrogens with zero attached hydrogens (tertiary/aromatic N) is 3. The monoisotopic (exact) mass is 371 g/mol. The van der Waals surface area contributed by atoms with Gasteiger partial charge in [-0.25, -0.2) is 0 Å². The molecule has 1 aliphatic carbocycles. The van der Waals surface area contributed by atoms with Crippen LogP contribution in [-0.2, 0) is 4.79 Å². The molecular formula is C22H33N3O2. The van der Waals surface area contributed by atoms with E-state index in [9.17, 15) is 4.79 Å². The summed E-state index contributed by atoms with van der Waals surface area (Å²) in [6.45, 7) is 5.08. The number of likely N-dealkylation sites (tertiary alicyclic amines) is 1. The number of fused-ring (bicyclic) bond motifs is 1. The molecule has 27 heavy (non-hydrogen) atoms. The molecule has 4 rings (SSSR count). The molecule has 0 bridgehead atoms. The SMILES string of the molecule is COc1ccccc1N1CCN(C(=O)CN2CCC[C@H]3CCCC[C@@H]32)CC1. The molecule has 2 heterocycles. The van der Waals surface area contributed by atoms with Gasteiger partial charge in [0.15, 0.2) is 0 Å². The van der Waals surface area contributed by atoms with Crippen LogP contribution in [0, 0.1) is 5.92 Å². The first-order chi connectivity index (χ1) is 13.3. The first-order valence-corrected chi connectivity index (χ1v) is 10.7. The summed E-state index contributed by atoms with van der Waals surface area (Å²) in [6, 6.07) is 8.81. The number of carbonyl (C=O) groups excluding carboxylic acids is 1. The van der Waals surface area contributed by atoms with E-state index < -0.39 is 0 Å². The molecular weight excluding hydrogens is 338 g/mol. The average Bonchev–Trinajstić information content (AvgIpc) is 2.74. The summed E-state index contributed by atoms with van der Waals surface area (Å²) in [5.41, 5.74) is 1.13. The van der Waals surface area contributed by atoms with Crippen molar-refractivity contribution in [1.29, 1.82) is 0 Å². The van der Waals surface area contributed by atoms with Gasteiger partial charge in [0.2, 0.25) is 5.91 Å². The summed E-state index contributed by atoms with van der Waals surface area (Å²) in [5.74, 6) is 2.07. The number of amides is 1. The van der Waals surface area contributed by atoms with E-state index in [1.54, 1.807) is 7.11 Å². The molecule has 0 N–H and O–H groups in total. The lowest BCUT2D eigenvalue weighted by molar-refractivity contribution is -0.134. The van der Waals surface area contributed by atoms with E-state index in [0.29, 0.717) is 18.5 Å². The van der Waals surface area contributed by atoms with Gasteiger partial charge in [0, 0.05) is 32.2 Å². The van der Waals surface area contributed by atoms with Crippen LogP contribution in [0.25, 0.3) is 0 Å². The van der Waals surface area contributed by atoms with E-state index in [0.717, 1.165) is 50.1 Å². The zero-order chi connectivity index (χ0) is 18.6. The molecule has 2 atom stereocenters. The van der Waals surface area contributed by atoms with Crippen molar-refractivity contribution in [3.8, 4) is 5.75 Å². The molecule has 1 amide bonds. The number of para-hydroxylation sites is 2. The summed E-state index contributed by atoms with van der Waals surface area (Å²) in [4.78, 5) is 19.9. The second kappa shape index (κ2) is 8.51. The molecule has 0 aromatic heterocycles. The summed E-state index contributed by atoms with van der Waals surface area (Å²) < 4.78 is 5.49. The predicted molar refractivity (Wildman–Crippen MR) is 108 cm³/mol. The number of piperidine rings is 1. The molecule has 1 aromatic rings. The normalized spacial score (nSPS) is 26.6. The maximum Gasteiger partial charge on any atom is 0.236 e. The number of ether oxygens (including phenoxy) is 1. The molecule has 1 aromatic carbocycles. The number of rotatable bonds is 4. The number of carbonyl (C=O) groups is 1. The van der Waals surface area contributed by atoms with Gasteiger partial charge in [-0.2, -0.15) is 0 Å². The molecule has 0 spiro atoms. The van der Waals surface area contributed by atoms with Crippen molar-refractivity contribution in [2.75, 3.05) is 51.3 Å². The Bertz CT molecular complexity index is 640. The molecule has 3 aliphatic rings. The molecule has 2 saturated heterocycles. The zero-order valence-corrected chi connectivity index (χ0v) is 16.6. The minimum Gasteiger partial charge on any atom is -0.495 e. The fraction of sp³-hybridized carbons (Fsp3) is 0.682. The smallest absolute Gasteiger partial charge is 0.236 e. The average molecular weight is 372 g/mol. The van der Waals surface area contributed by atoms with E-state index in [1.165, 1.54) is 38.5 Å². The lowest BCUT2D eigenvalue weighted by Gasteiger charge is -2.45. The number of hydrogen-bond acceptors (Lipinski definition) is 4. The topological polar surface area (TPSA) is 36.0 Å². The van der Waals surface area contributed by atoms with Crippen LogP contribution in [-0.4, -0.2) is 68.1 Å². The predicted octanol–water partition coefficient (Wildman–Crippen LogP) is 3.00. The number of anilines is 1. The van der Waals surface area contributed by atoms with E-state index in [1.807, 2.05) is 18.2 Å². The van der Waals surface area contributed by atoms with Crippen molar-refractivity contribution in [2.24, 2.45) is 5.92 Å². The van der Waals surface area contributed by atoms with Crippen LogP contribution < -0.4 is 9.64 Å². The highest BCUT2D eigenvalue weighted by Gasteiger charge is 2.35. The summed E-state index contributed by atoms with van der Waals surface area (Å²) >= 11 is 0. The first-order valence-electron chi connectivity index (χ1n) is 10.7. The van der Waals surface area contributed by atoms with Crippen molar-refractivity contribution in [2.45, 2.75) is 44.6 Å². The third-order valence-electron chi connectivity index (χ3n) is 6.75. The van der Waals surface area contributed by atoms with Crippen molar-refractivity contribution in [3.05, 3.63) is 24.3 Å². The Morgan fingerprint density at radius 3 is 2.56 bits per heavy atom. The van der Waals surface area contributed by atoms with Crippen LogP contribution in [0.2, 0.25) is 0 Å². The van der Waals surface area contributed by atoms with Gasteiger partial charge in [-0.05, 0) is 50.3 Å². The van der Waals surface area contributed by atoms with Gasteiger partial charge in [0.1, 0.15) is 5.75 Å². The standard InChI is InChI=1S/C22H33N3O2/c1-27-21-11-5-4-10-20(21)23-13-15-24(16-14-23)22(26)17-25-12-6-8-18-7-2-3-9-19(18)25/h4-5,10-11,18-19H,2-3,6-9,12-17H2,1H3/t18-,19+/m1/s1. The van der Waals surface area contributed by atoms with Crippen LogP contribution in [0.15, 0.2) is 24.3 Å². The Kier molecular flexibility index (Phi) is 5.86. The number of methoxy groups -OCH3 is 1. The van der Waals surface area contributed by atoms with E-state index in [2.05, 4.69) is 20.8 Å². The van der Waals surface area contributed by atoms with E-state index >= 15 is 0 Å². The Morgan fingerprint density at radius 1 is 1.00 bits per heavy atom. The maximum atomic E-state index is 12.9.